The fourth-order valence-electron chi connectivity index (χ4n) is 3.89. The molecule has 3 aromatic carbocycles. The molecule has 0 aromatic heterocycles. The Bertz CT molecular complexity index is 1090. The fraction of sp³-hybridized carbons (Fsp3) is 0.333. The topological polar surface area (TPSA) is 49.4 Å². The van der Waals surface area contributed by atoms with Gasteiger partial charge in [0.1, 0.15) is 6.04 Å². The maximum atomic E-state index is 13.6. The second-order valence-corrected chi connectivity index (χ2v) is 10.9. The predicted octanol–water partition coefficient (Wildman–Crippen LogP) is 5.78. The second-order valence-electron chi connectivity index (χ2n) is 9.87. The van der Waals surface area contributed by atoms with Crippen LogP contribution in [-0.2, 0) is 28.3 Å². The van der Waals surface area contributed by atoms with Crippen molar-refractivity contribution in [3.63, 3.8) is 0 Å². The molecule has 184 valence electrons. The summed E-state index contributed by atoms with van der Waals surface area (Å²) < 4.78 is 0. The van der Waals surface area contributed by atoms with E-state index in [1.807, 2.05) is 93.6 Å². The number of hydrogen-bond donors (Lipinski definition) is 1. The average Bonchev–Trinajstić information content (AvgIpc) is 2.82. The molecule has 0 fully saturated rings. The molecule has 5 heteroatoms. The lowest BCUT2D eigenvalue weighted by Crippen LogP contribution is -2.54. The molecule has 2 amide bonds. The zero-order valence-corrected chi connectivity index (χ0v) is 22.0. The monoisotopic (exact) mass is 488 g/mol. The summed E-state index contributed by atoms with van der Waals surface area (Å²) in [6.45, 7) is 8.37. The Morgan fingerprint density at radius 2 is 1.43 bits per heavy atom. The van der Waals surface area contributed by atoms with Gasteiger partial charge in [0.25, 0.3) is 0 Å². The van der Waals surface area contributed by atoms with Crippen LogP contribution in [0.1, 0.15) is 43.0 Å². The van der Waals surface area contributed by atoms with Gasteiger partial charge in [-0.15, -0.1) is 11.8 Å². The highest BCUT2D eigenvalue weighted by Gasteiger charge is 2.32. The van der Waals surface area contributed by atoms with Crippen molar-refractivity contribution in [3.05, 3.63) is 107 Å². The van der Waals surface area contributed by atoms with Gasteiger partial charge in [0.15, 0.2) is 0 Å². The van der Waals surface area contributed by atoms with E-state index in [0.717, 1.165) is 16.9 Å². The van der Waals surface area contributed by atoms with Crippen LogP contribution in [0.4, 0.5) is 0 Å². The zero-order chi connectivity index (χ0) is 25.3. The molecule has 1 N–H and O–H groups in total. The van der Waals surface area contributed by atoms with Crippen LogP contribution in [0.5, 0.6) is 0 Å². The molecule has 0 saturated carbocycles. The van der Waals surface area contributed by atoms with Gasteiger partial charge >= 0.3 is 0 Å². The molecule has 0 aliphatic carbocycles. The van der Waals surface area contributed by atoms with Crippen molar-refractivity contribution >= 4 is 23.6 Å². The Morgan fingerprint density at radius 3 is 2.03 bits per heavy atom. The number of aryl methyl sites for hydroxylation is 1. The largest absolute Gasteiger partial charge is 0.350 e. The first-order chi connectivity index (χ1) is 16.7. The van der Waals surface area contributed by atoms with Crippen molar-refractivity contribution in [2.45, 2.75) is 58.0 Å². The van der Waals surface area contributed by atoms with E-state index in [1.165, 1.54) is 11.1 Å². The van der Waals surface area contributed by atoms with Gasteiger partial charge in [-0.2, -0.15) is 0 Å². The molecule has 0 radical (unpaired) electrons. The number of carbonyl (C=O) groups is 2. The molecule has 35 heavy (non-hydrogen) atoms. The Morgan fingerprint density at radius 1 is 0.857 bits per heavy atom. The molecule has 0 aliphatic rings. The summed E-state index contributed by atoms with van der Waals surface area (Å²) in [7, 11) is 0. The second kappa shape index (κ2) is 12.6. The van der Waals surface area contributed by atoms with E-state index in [1.54, 1.807) is 16.7 Å². The third-order valence-corrected chi connectivity index (χ3v) is 6.68. The summed E-state index contributed by atoms with van der Waals surface area (Å²) in [5.41, 5.74) is 4.09. The minimum Gasteiger partial charge on any atom is -0.350 e. The molecular formula is C30H36N2O2S. The van der Waals surface area contributed by atoms with E-state index < -0.39 is 11.6 Å². The molecule has 0 saturated heterocycles. The summed E-state index contributed by atoms with van der Waals surface area (Å²) in [5.74, 6) is 0.914. The van der Waals surface area contributed by atoms with Crippen molar-refractivity contribution in [1.29, 1.82) is 0 Å². The van der Waals surface area contributed by atoms with E-state index >= 15 is 0 Å². The number of benzene rings is 3. The summed E-state index contributed by atoms with van der Waals surface area (Å²) in [4.78, 5) is 28.9. The standard InChI is InChI=1S/C30H36N2O2S/c1-23-13-11-12-18-26(23)21-35-22-28(33)32(20-25-16-9-6-10-17-25)27(29(34)31-30(2,3)4)19-24-14-7-5-8-15-24/h5-18,27H,19-22H2,1-4H3,(H,31,34)/t27-/m0/s1. The number of thioether (sulfide) groups is 1. The van der Waals surface area contributed by atoms with Gasteiger partial charge in [0.05, 0.1) is 5.75 Å². The van der Waals surface area contributed by atoms with Gasteiger partial charge in [0.2, 0.25) is 11.8 Å². The molecule has 0 bridgehead atoms. The normalized spacial score (nSPS) is 12.1. The number of hydrogen-bond acceptors (Lipinski definition) is 3. The van der Waals surface area contributed by atoms with Crippen molar-refractivity contribution in [2.75, 3.05) is 5.75 Å². The molecule has 3 aromatic rings. The molecular weight excluding hydrogens is 452 g/mol. The minimum absolute atomic E-state index is 0.0302. The van der Waals surface area contributed by atoms with Crippen LogP contribution in [0.2, 0.25) is 0 Å². The highest BCUT2D eigenvalue weighted by molar-refractivity contribution is 7.99. The quantitative estimate of drug-likeness (QED) is 0.393. The molecule has 0 aliphatic heterocycles. The van der Waals surface area contributed by atoms with Gasteiger partial charge in [-0.05, 0) is 49.9 Å². The zero-order valence-electron chi connectivity index (χ0n) is 21.2. The summed E-state index contributed by atoms with van der Waals surface area (Å²) in [5, 5.41) is 3.11. The third-order valence-electron chi connectivity index (χ3n) is 5.71. The first-order valence-corrected chi connectivity index (χ1v) is 13.2. The SMILES string of the molecule is Cc1ccccc1CSCC(=O)N(Cc1ccccc1)[C@@H](Cc1ccccc1)C(=O)NC(C)(C)C. The molecule has 4 nitrogen and oxygen atoms in total. The Labute approximate surface area is 214 Å². The smallest absolute Gasteiger partial charge is 0.243 e. The predicted molar refractivity (Wildman–Crippen MR) is 146 cm³/mol. The highest BCUT2D eigenvalue weighted by atomic mass is 32.2. The maximum absolute atomic E-state index is 13.6. The summed E-state index contributed by atoms with van der Waals surface area (Å²) in [6, 6.07) is 27.4. The van der Waals surface area contributed by atoms with E-state index in [4.69, 9.17) is 0 Å². The molecule has 0 spiro atoms. The highest BCUT2D eigenvalue weighted by Crippen LogP contribution is 2.20. The van der Waals surface area contributed by atoms with Crippen molar-refractivity contribution < 1.29 is 9.59 Å². The van der Waals surface area contributed by atoms with Crippen molar-refractivity contribution in [1.82, 2.24) is 10.2 Å². The van der Waals surface area contributed by atoms with Crippen molar-refractivity contribution in [2.24, 2.45) is 0 Å². The minimum atomic E-state index is -0.608. The van der Waals surface area contributed by atoms with Gasteiger partial charge in [-0.3, -0.25) is 9.59 Å². The summed E-state index contributed by atoms with van der Waals surface area (Å²) >= 11 is 1.59. The van der Waals surface area contributed by atoms with E-state index in [-0.39, 0.29) is 11.8 Å². The number of nitrogens with zero attached hydrogens (tertiary/aromatic N) is 1. The lowest BCUT2D eigenvalue weighted by Gasteiger charge is -2.34. The van der Waals surface area contributed by atoms with Crippen LogP contribution < -0.4 is 5.32 Å². The van der Waals surface area contributed by atoms with Crippen LogP contribution in [0, 0.1) is 6.92 Å². The molecule has 0 unspecified atom stereocenters. The number of carbonyl (C=O) groups excluding carboxylic acids is 2. The first kappa shape index (κ1) is 26.6. The first-order valence-electron chi connectivity index (χ1n) is 12.0. The van der Waals surface area contributed by atoms with Crippen LogP contribution in [0.15, 0.2) is 84.9 Å². The summed E-state index contributed by atoms with van der Waals surface area (Å²) in [6.07, 6.45) is 0.462. The van der Waals surface area contributed by atoms with Gasteiger partial charge in [-0.25, -0.2) is 0 Å². The van der Waals surface area contributed by atoms with Crippen LogP contribution in [0.3, 0.4) is 0 Å². The van der Waals surface area contributed by atoms with Gasteiger partial charge < -0.3 is 10.2 Å². The van der Waals surface area contributed by atoms with Crippen molar-refractivity contribution in [3.8, 4) is 0 Å². The van der Waals surface area contributed by atoms with Crippen LogP contribution in [-0.4, -0.2) is 34.0 Å². The van der Waals surface area contributed by atoms with E-state index in [2.05, 4.69) is 24.4 Å². The lowest BCUT2D eigenvalue weighted by atomic mass is 10.0. The Balaban J connectivity index is 1.85. The van der Waals surface area contributed by atoms with Crippen LogP contribution in [0.25, 0.3) is 0 Å². The number of amides is 2. The Hall–Kier alpha value is -3.05. The maximum Gasteiger partial charge on any atom is 0.243 e. The van der Waals surface area contributed by atoms with Gasteiger partial charge in [0, 0.05) is 24.3 Å². The van der Waals surface area contributed by atoms with Crippen LogP contribution >= 0.6 is 11.8 Å². The average molecular weight is 489 g/mol. The van der Waals surface area contributed by atoms with E-state index in [0.29, 0.717) is 18.7 Å². The number of nitrogens with one attached hydrogen (secondary N) is 1. The Kier molecular flexibility index (Phi) is 9.55. The number of rotatable bonds is 10. The molecule has 0 heterocycles. The fourth-order valence-corrected chi connectivity index (χ4v) is 4.88. The van der Waals surface area contributed by atoms with E-state index in [9.17, 15) is 9.59 Å². The molecule has 3 rings (SSSR count). The molecule has 1 atom stereocenters. The third kappa shape index (κ3) is 8.59. The lowest BCUT2D eigenvalue weighted by molar-refractivity contribution is -0.140. The van der Waals surface area contributed by atoms with Gasteiger partial charge in [-0.1, -0.05) is 84.9 Å².